The highest BCUT2D eigenvalue weighted by Crippen LogP contribution is 2.39. The topological polar surface area (TPSA) is 33.0 Å². The zero-order valence-electron chi connectivity index (χ0n) is 10.8. The van der Waals surface area contributed by atoms with E-state index in [0.717, 1.165) is 17.9 Å². The lowest BCUT2D eigenvalue weighted by atomic mass is 10.2. The summed E-state index contributed by atoms with van der Waals surface area (Å²) in [4.78, 5) is 0. The minimum Gasteiger partial charge on any atom is -0.546 e. The Morgan fingerprint density at radius 1 is 1.50 bits per heavy atom. The van der Waals surface area contributed by atoms with Gasteiger partial charge in [0.1, 0.15) is 0 Å². The lowest BCUT2D eigenvalue weighted by Gasteiger charge is -2.38. The van der Waals surface area contributed by atoms with Crippen molar-refractivity contribution in [2.45, 2.75) is 50.6 Å². The number of rotatable bonds is 2. The van der Waals surface area contributed by atoms with E-state index in [1.807, 2.05) is 0 Å². The molecule has 1 heterocycles. The molecule has 1 rings (SSSR count). The van der Waals surface area contributed by atoms with Crippen molar-refractivity contribution in [3.8, 4) is 6.07 Å². The summed E-state index contributed by atoms with van der Waals surface area (Å²) in [7, 11) is -1.69. The van der Waals surface area contributed by atoms with Gasteiger partial charge >= 0.3 is 0 Å². The van der Waals surface area contributed by atoms with Crippen LogP contribution in [-0.4, -0.2) is 19.3 Å². The molecule has 0 aliphatic carbocycles. The van der Waals surface area contributed by atoms with Crippen LogP contribution in [0.3, 0.4) is 0 Å². The molecule has 0 bridgehead atoms. The zero-order valence-corrected chi connectivity index (χ0v) is 12.6. The van der Waals surface area contributed by atoms with Gasteiger partial charge in [0.05, 0.1) is 22.8 Å². The van der Waals surface area contributed by atoms with E-state index in [9.17, 15) is 0 Å². The number of thioether (sulfide) groups is 1. The van der Waals surface area contributed by atoms with Crippen molar-refractivity contribution in [1.29, 1.82) is 5.26 Å². The minimum atomic E-state index is -1.69. The minimum absolute atomic E-state index is 0.117. The molecule has 4 heteroatoms. The molecule has 0 unspecified atom stereocenters. The summed E-state index contributed by atoms with van der Waals surface area (Å²) in [5, 5.41) is 9.16. The molecule has 2 nitrogen and oxygen atoms in total. The molecule has 1 aliphatic rings. The Hall–Kier alpha value is -0.403. The Morgan fingerprint density at radius 2 is 2.12 bits per heavy atom. The van der Waals surface area contributed by atoms with Gasteiger partial charge in [-0.1, -0.05) is 20.8 Å². The lowest BCUT2D eigenvalue weighted by Crippen LogP contribution is -2.41. The smallest absolute Gasteiger partial charge is 0.250 e. The number of hydrogen-bond donors (Lipinski definition) is 0. The highest BCUT2D eigenvalue weighted by atomic mass is 32.2. The second kappa shape index (κ2) is 4.85. The molecule has 0 N–H and O–H groups in total. The van der Waals surface area contributed by atoms with E-state index in [-0.39, 0.29) is 10.3 Å². The highest BCUT2D eigenvalue weighted by molar-refractivity contribution is 8.00. The average Bonchev–Trinajstić information content (AvgIpc) is 2.16. The predicted molar refractivity (Wildman–Crippen MR) is 72.8 cm³/mol. The van der Waals surface area contributed by atoms with Crippen LogP contribution in [0.5, 0.6) is 0 Å². The van der Waals surface area contributed by atoms with Crippen LogP contribution in [0.4, 0.5) is 0 Å². The van der Waals surface area contributed by atoms with Gasteiger partial charge in [-0.15, -0.1) is 11.8 Å². The third-order valence-electron chi connectivity index (χ3n) is 3.32. The summed E-state index contributed by atoms with van der Waals surface area (Å²) in [6.07, 6.45) is 2.93. The molecule has 90 valence electrons. The molecule has 0 saturated heterocycles. The first-order valence-electron chi connectivity index (χ1n) is 5.65. The second-order valence-corrected chi connectivity index (χ2v) is 11.6. The quantitative estimate of drug-likeness (QED) is 0.701. The molecule has 0 aromatic rings. The van der Waals surface area contributed by atoms with Crippen LogP contribution < -0.4 is 0 Å². The summed E-state index contributed by atoms with van der Waals surface area (Å²) in [6.45, 7) is 11.2. The zero-order chi connectivity index (χ0) is 12.4. The Bertz CT molecular complexity index is 325. The third kappa shape index (κ3) is 3.29. The molecule has 0 radical (unpaired) electrons. The third-order valence-corrected chi connectivity index (χ3v) is 8.86. The first kappa shape index (κ1) is 13.7. The van der Waals surface area contributed by atoms with Gasteiger partial charge < -0.3 is 4.43 Å². The van der Waals surface area contributed by atoms with Gasteiger partial charge in [-0.2, -0.15) is 5.26 Å². The van der Waals surface area contributed by atoms with Crippen molar-refractivity contribution >= 4 is 20.1 Å². The van der Waals surface area contributed by atoms with Crippen molar-refractivity contribution in [3.05, 3.63) is 11.8 Å². The number of nitrogens with zero attached hydrogens (tertiary/aromatic N) is 1. The fraction of sp³-hybridized carbons (Fsp3) is 0.750. The summed E-state index contributed by atoms with van der Waals surface area (Å²) < 4.78 is 6.21. The summed E-state index contributed by atoms with van der Waals surface area (Å²) in [5.74, 6) is 1.94. The van der Waals surface area contributed by atoms with E-state index in [2.05, 4.69) is 46.0 Å². The van der Waals surface area contributed by atoms with Crippen LogP contribution in [-0.2, 0) is 4.43 Å². The largest absolute Gasteiger partial charge is 0.546 e. The van der Waals surface area contributed by atoms with Crippen LogP contribution in [0.25, 0.3) is 0 Å². The van der Waals surface area contributed by atoms with Gasteiger partial charge in [-0.05, 0) is 30.6 Å². The Balaban J connectivity index is 2.64. The maximum absolute atomic E-state index is 8.81. The van der Waals surface area contributed by atoms with Crippen LogP contribution in [0.1, 0.15) is 27.2 Å². The summed E-state index contributed by atoms with van der Waals surface area (Å²) >= 11 is 1.69. The average molecular weight is 255 g/mol. The molecule has 0 spiro atoms. The molecular formula is C12H21NOSSi. The van der Waals surface area contributed by atoms with Crippen LogP contribution in [0, 0.1) is 11.3 Å². The van der Waals surface area contributed by atoms with E-state index in [1.165, 1.54) is 0 Å². The molecule has 1 aliphatic heterocycles. The van der Waals surface area contributed by atoms with Gasteiger partial charge in [-0.25, -0.2) is 0 Å². The summed E-state index contributed by atoms with van der Waals surface area (Å²) in [5.41, 5.74) is 0. The van der Waals surface area contributed by atoms with Crippen LogP contribution in [0.2, 0.25) is 18.1 Å². The van der Waals surface area contributed by atoms with E-state index in [4.69, 9.17) is 9.69 Å². The molecule has 0 saturated carbocycles. The van der Waals surface area contributed by atoms with Crippen molar-refractivity contribution in [3.63, 3.8) is 0 Å². The first-order chi connectivity index (χ1) is 7.26. The maximum atomic E-state index is 8.81. The molecule has 0 aromatic carbocycles. The normalized spacial score (nSPS) is 22.2. The fourth-order valence-electron chi connectivity index (χ4n) is 1.19. The molecule has 1 atom stereocenters. The maximum Gasteiger partial charge on any atom is 0.250 e. The monoisotopic (exact) mass is 255 g/mol. The van der Waals surface area contributed by atoms with E-state index in [1.54, 1.807) is 11.8 Å². The Morgan fingerprint density at radius 3 is 2.50 bits per heavy atom. The number of allylic oxidation sites excluding steroid dienone is 1. The number of hydrogen-bond acceptors (Lipinski definition) is 3. The Labute approximate surface area is 104 Å². The highest BCUT2D eigenvalue weighted by Gasteiger charge is 2.39. The first-order valence-corrected chi connectivity index (χ1v) is 9.61. The van der Waals surface area contributed by atoms with Crippen molar-refractivity contribution in [2.75, 3.05) is 5.75 Å². The Kier molecular flexibility index (Phi) is 4.14. The van der Waals surface area contributed by atoms with E-state index >= 15 is 0 Å². The van der Waals surface area contributed by atoms with Gasteiger partial charge in [0.15, 0.2) is 0 Å². The van der Waals surface area contributed by atoms with Crippen molar-refractivity contribution < 1.29 is 4.43 Å². The SMILES string of the molecule is CC(C)(C)[Si](C)(C)OC1=CC[C@H](C#N)SC1. The molecule has 0 fully saturated rings. The van der Waals surface area contributed by atoms with Crippen molar-refractivity contribution in [1.82, 2.24) is 0 Å². The molecule has 0 aromatic heterocycles. The van der Waals surface area contributed by atoms with E-state index < -0.39 is 8.32 Å². The molecule has 16 heavy (non-hydrogen) atoms. The fourth-order valence-corrected chi connectivity index (χ4v) is 3.26. The predicted octanol–water partition coefficient (Wildman–Crippen LogP) is 3.92. The summed E-state index contributed by atoms with van der Waals surface area (Å²) in [6, 6.07) is 2.29. The lowest BCUT2D eigenvalue weighted by molar-refractivity contribution is 0.385. The standard InChI is InChI=1S/C12H21NOSSi/c1-12(2,3)16(4,5)14-10-6-7-11(8-13)15-9-10/h6,11H,7,9H2,1-5H3/t11-/m1/s1. The second-order valence-electron chi connectivity index (χ2n) is 5.70. The van der Waals surface area contributed by atoms with E-state index in [0.29, 0.717) is 0 Å². The van der Waals surface area contributed by atoms with Gasteiger partial charge in [0, 0.05) is 0 Å². The number of nitriles is 1. The van der Waals surface area contributed by atoms with Crippen LogP contribution >= 0.6 is 11.8 Å². The van der Waals surface area contributed by atoms with Gasteiger partial charge in [-0.3, -0.25) is 0 Å². The van der Waals surface area contributed by atoms with Crippen LogP contribution in [0.15, 0.2) is 11.8 Å². The molecular weight excluding hydrogens is 234 g/mol. The van der Waals surface area contributed by atoms with Gasteiger partial charge in [0.2, 0.25) is 8.32 Å². The van der Waals surface area contributed by atoms with Gasteiger partial charge in [0.25, 0.3) is 0 Å². The van der Waals surface area contributed by atoms with Crippen molar-refractivity contribution in [2.24, 2.45) is 0 Å². The molecule has 0 amide bonds.